The van der Waals surface area contributed by atoms with Gasteiger partial charge in [0.15, 0.2) is 0 Å². The summed E-state index contributed by atoms with van der Waals surface area (Å²) in [6.07, 6.45) is -0.646. The normalized spacial score (nSPS) is 12.2. The molecule has 5 nitrogen and oxygen atoms in total. The molecular formula is C13H13ClN2O3S. The van der Waals surface area contributed by atoms with Crippen LogP contribution in [0.1, 0.15) is 17.2 Å². The number of nitro benzene ring substituents is 1. The number of anilines is 1. The Bertz CT molecular complexity index is 616. The van der Waals surface area contributed by atoms with Crippen molar-refractivity contribution in [3.05, 3.63) is 55.2 Å². The molecule has 1 aromatic heterocycles. The van der Waals surface area contributed by atoms with E-state index in [0.717, 1.165) is 5.56 Å². The van der Waals surface area contributed by atoms with E-state index in [0.29, 0.717) is 11.3 Å². The summed E-state index contributed by atoms with van der Waals surface area (Å²) in [5.74, 6) is 0. The number of hydrogen-bond donors (Lipinski definition) is 2. The van der Waals surface area contributed by atoms with Crippen LogP contribution in [0.2, 0.25) is 5.02 Å². The number of hydrogen-bond acceptors (Lipinski definition) is 5. The Morgan fingerprint density at radius 2 is 2.30 bits per heavy atom. The first-order chi connectivity index (χ1) is 9.49. The van der Waals surface area contributed by atoms with Crippen molar-refractivity contribution in [1.29, 1.82) is 0 Å². The zero-order valence-electron chi connectivity index (χ0n) is 10.7. The van der Waals surface area contributed by atoms with Crippen LogP contribution < -0.4 is 5.32 Å². The van der Waals surface area contributed by atoms with Crippen LogP contribution in [0, 0.1) is 17.0 Å². The number of aliphatic hydroxyl groups is 1. The smallest absolute Gasteiger partial charge is 0.273 e. The van der Waals surface area contributed by atoms with E-state index in [-0.39, 0.29) is 17.3 Å². The highest BCUT2D eigenvalue weighted by Gasteiger charge is 2.15. The quantitative estimate of drug-likeness (QED) is 0.651. The number of rotatable bonds is 5. The Labute approximate surface area is 125 Å². The lowest BCUT2D eigenvalue weighted by Crippen LogP contribution is -2.12. The summed E-state index contributed by atoms with van der Waals surface area (Å²) in [6, 6.07) is 4.77. The minimum absolute atomic E-state index is 0.0149. The molecule has 0 bridgehead atoms. The van der Waals surface area contributed by atoms with Gasteiger partial charge in [-0.1, -0.05) is 11.6 Å². The summed E-state index contributed by atoms with van der Waals surface area (Å²) < 4.78 is 0. The van der Waals surface area contributed by atoms with Crippen LogP contribution in [0.15, 0.2) is 29.0 Å². The molecule has 2 rings (SSSR count). The van der Waals surface area contributed by atoms with Gasteiger partial charge in [-0.05, 0) is 35.4 Å². The van der Waals surface area contributed by atoms with Gasteiger partial charge in [0.05, 0.1) is 21.7 Å². The van der Waals surface area contributed by atoms with Crippen LogP contribution in [0.25, 0.3) is 0 Å². The molecule has 1 atom stereocenters. The molecule has 1 aromatic carbocycles. The second kappa shape index (κ2) is 6.21. The van der Waals surface area contributed by atoms with Crippen molar-refractivity contribution in [3.63, 3.8) is 0 Å². The number of aliphatic hydroxyl groups excluding tert-OH is 1. The van der Waals surface area contributed by atoms with E-state index in [9.17, 15) is 15.2 Å². The monoisotopic (exact) mass is 312 g/mol. The predicted octanol–water partition coefficient (Wildman–Crippen LogP) is 3.76. The zero-order chi connectivity index (χ0) is 14.7. The molecule has 7 heteroatoms. The number of nitro groups is 1. The third-order valence-corrected chi connectivity index (χ3v) is 3.91. The number of halogens is 1. The van der Waals surface area contributed by atoms with Gasteiger partial charge >= 0.3 is 0 Å². The van der Waals surface area contributed by atoms with Crippen LogP contribution in [0.4, 0.5) is 11.4 Å². The van der Waals surface area contributed by atoms with Crippen molar-refractivity contribution < 1.29 is 10.0 Å². The van der Waals surface area contributed by atoms with Crippen molar-refractivity contribution in [3.8, 4) is 0 Å². The molecule has 0 aliphatic carbocycles. The molecule has 1 unspecified atom stereocenters. The third kappa shape index (κ3) is 3.27. The Morgan fingerprint density at radius 1 is 1.55 bits per heavy atom. The summed E-state index contributed by atoms with van der Waals surface area (Å²) in [7, 11) is 0. The minimum Gasteiger partial charge on any atom is -0.387 e. The van der Waals surface area contributed by atoms with Gasteiger partial charge in [0, 0.05) is 18.2 Å². The molecule has 20 heavy (non-hydrogen) atoms. The van der Waals surface area contributed by atoms with E-state index >= 15 is 0 Å². The van der Waals surface area contributed by atoms with E-state index in [4.69, 9.17) is 11.6 Å². The maximum absolute atomic E-state index is 10.8. The topological polar surface area (TPSA) is 75.4 Å². The van der Waals surface area contributed by atoms with Gasteiger partial charge in [0.2, 0.25) is 0 Å². The molecule has 1 heterocycles. The van der Waals surface area contributed by atoms with Crippen LogP contribution in [-0.2, 0) is 0 Å². The molecule has 106 valence electrons. The summed E-state index contributed by atoms with van der Waals surface area (Å²) in [6.45, 7) is 1.93. The third-order valence-electron chi connectivity index (χ3n) is 2.90. The van der Waals surface area contributed by atoms with Crippen molar-refractivity contribution in [2.45, 2.75) is 13.0 Å². The molecular weight excluding hydrogens is 300 g/mol. The maximum Gasteiger partial charge on any atom is 0.273 e. The van der Waals surface area contributed by atoms with E-state index < -0.39 is 11.0 Å². The molecule has 2 N–H and O–H groups in total. The fourth-order valence-electron chi connectivity index (χ4n) is 1.79. The van der Waals surface area contributed by atoms with Crippen LogP contribution in [0.5, 0.6) is 0 Å². The van der Waals surface area contributed by atoms with Gasteiger partial charge in [-0.3, -0.25) is 10.1 Å². The van der Waals surface area contributed by atoms with E-state index in [1.54, 1.807) is 13.0 Å². The van der Waals surface area contributed by atoms with Crippen molar-refractivity contribution in [2.24, 2.45) is 0 Å². The van der Waals surface area contributed by atoms with Crippen molar-refractivity contribution in [1.82, 2.24) is 0 Å². The highest BCUT2D eigenvalue weighted by atomic mass is 35.5. The lowest BCUT2D eigenvalue weighted by atomic mass is 10.1. The van der Waals surface area contributed by atoms with Gasteiger partial charge in [-0.15, -0.1) is 0 Å². The first-order valence-corrected chi connectivity index (χ1v) is 7.19. The zero-order valence-corrected chi connectivity index (χ0v) is 12.2. The summed E-state index contributed by atoms with van der Waals surface area (Å²) in [5.41, 5.74) is 1.91. The Morgan fingerprint density at radius 3 is 2.90 bits per heavy atom. The van der Waals surface area contributed by atoms with Gasteiger partial charge in [-0.25, -0.2) is 0 Å². The number of nitrogens with zero attached hydrogens (tertiary/aromatic N) is 1. The van der Waals surface area contributed by atoms with E-state index in [2.05, 4.69) is 5.32 Å². The second-order valence-corrected chi connectivity index (χ2v) is 5.52. The lowest BCUT2D eigenvalue weighted by Gasteiger charge is -2.13. The highest BCUT2D eigenvalue weighted by Crippen LogP contribution is 2.30. The molecule has 0 fully saturated rings. The van der Waals surface area contributed by atoms with E-state index in [1.807, 2.05) is 16.8 Å². The number of nitrogens with one attached hydrogen (secondary N) is 1. The Balaban J connectivity index is 2.10. The predicted molar refractivity (Wildman–Crippen MR) is 80.6 cm³/mol. The maximum atomic E-state index is 10.8. The molecule has 0 aliphatic rings. The standard InChI is InChI=1S/C13H13ClN2O3S/c1-8-4-11(10(14)5-12(8)16(18)19)15-6-13(17)9-2-3-20-7-9/h2-5,7,13,15,17H,6H2,1H3. The van der Waals surface area contributed by atoms with Crippen LogP contribution >= 0.6 is 22.9 Å². The van der Waals surface area contributed by atoms with Crippen LogP contribution in [-0.4, -0.2) is 16.6 Å². The van der Waals surface area contributed by atoms with Gasteiger partial charge in [0.25, 0.3) is 5.69 Å². The molecule has 0 aliphatic heterocycles. The fraction of sp³-hybridized carbons (Fsp3) is 0.231. The molecule has 0 saturated heterocycles. The number of benzene rings is 1. The fourth-order valence-corrected chi connectivity index (χ4v) is 2.72. The molecule has 0 amide bonds. The summed E-state index contributed by atoms with van der Waals surface area (Å²) >= 11 is 7.52. The summed E-state index contributed by atoms with van der Waals surface area (Å²) in [4.78, 5) is 10.3. The highest BCUT2D eigenvalue weighted by molar-refractivity contribution is 7.07. The van der Waals surface area contributed by atoms with Crippen LogP contribution in [0.3, 0.4) is 0 Å². The Kier molecular flexibility index (Phi) is 4.59. The average Bonchev–Trinajstić information content (AvgIpc) is 2.92. The number of aryl methyl sites for hydroxylation is 1. The Hall–Kier alpha value is -1.63. The SMILES string of the molecule is Cc1cc(NCC(O)c2ccsc2)c(Cl)cc1[N+](=O)[O-]. The van der Waals surface area contributed by atoms with Gasteiger partial charge in [0.1, 0.15) is 0 Å². The number of thiophene rings is 1. The average molecular weight is 313 g/mol. The summed E-state index contributed by atoms with van der Waals surface area (Å²) in [5, 5.41) is 27.8. The van der Waals surface area contributed by atoms with Gasteiger partial charge in [-0.2, -0.15) is 11.3 Å². The van der Waals surface area contributed by atoms with Gasteiger partial charge < -0.3 is 10.4 Å². The molecule has 0 spiro atoms. The van der Waals surface area contributed by atoms with Crippen molar-refractivity contribution >= 4 is 34.3 Å². The first-order valence-electron chi connectivity index (χ1n) is 5.87. The lowest BCUT2D eigenvalue weighted by molar-refractivity contribution is -0.385. The van der Waals surface area contributed by atoms with Crippen molar-refractivity contribution in [2.75, 3.05) is 11.9 Å². The van der Waals surface area contributed by atoms with E-state index in [1.165, 1.54) is 17.4 Å². The molecule has 0 radical (unpaired) electrons. The first kappa shape index (κ1) is 14.8. The minimum atomic E-state index is -0.646. The largest absolute Gasteiger partial charge is 0.387 e. The molecule has 2 aromatic rings. The second-order valence-electron chi connectivity index (χ2n) is 4.33. The molecule has 0 saturated carbocycles.